The Morgan fingerprint density at radius 2 is 1.00 bits per heavy atom. The first-order valence-electron chi connectivity index (χ1n) is 8.61. The number of piperidine rings is 2. The lowest BCUT2D eigenvalue weighted by Gasteiger charge is -2.29. The van der Waals surface area contributed by atoms with Gasteiger partial charge in [0.05, 0.1) is 0 Å². The summed E-state index contributed by atoms with van der Waals surface area (Å²) in [5, 5.41) is 0. The van der Waals surface area contributed by atoms with Crippen LogP contribution >= 0.6 is 0 Å². The van der Waals surface area contributed by atoms with Crippen molar-refractivity contribution in [2.75, 3.05) is 39.3 Å². The zero-order valence-electron chi connectivity index (χ0n) is 13.7. The minimum atomic E-state index is 0.480. The van der Waals surface area contributed by atoms with Crippen molar-refractivity contribution >= 4 is 0 Å². The maximum atomic E-state index is 5.77. The molecule has 0 radical (unpaired) electrons. The van der Waals surface area contributed by atoms with Gasteiger partial charge in [0.1, 0.15) is 0 Å². The molecule has 0 aromatic rings. The van der Waals surface area contributed by atoms with Gasteiger partial charge in [0.25, 0.3) is 0 Å². The summed E-state index contributed by atoms with van der Waals surface area (Å²) in [6, 6.07) is 0.959. The van der Waals surface area contributed by atoms with Gasteiger partial charge in [-0.2, -0.15) is 0 Å². The fourth-order valence-electron chi connectivity index (χ4n) is 2.99. The van der Waals surface area contributed by atoms with E-state index in [4.69, 9.17) is 11.5 Å². The van der Waals surface area contributed by atoms with Crippen molar-refractivity contribution in [1.29, 1.82) is 0 Å². The van der Waals surface area contributed by atoms with Crippen LogP contribution in [0, 0.1) is 0 Å². The predicted molar refractivity (Wildman–Crippen MR) is 87.9 cm³/mol. The highest BCUT2D eigenvalue weighted by Gasteiger charge is 2.14. The third-order valence-electron chi connectivity index (χ3n) is 4.34. The van der Waals surface area contributed by atoms with Crippen LogP contribution < -0.4 is 11.5 Å². The second kappa shape index (κ2) is 10.6. The molecular weight excluding hydrogens is 248 g/mol. The van der Waals surface area contributed by atoms with E-state index in [1.54, 1.807) is 0 Å². The number of nitrogens with zero attached hydrogens (tertiary/aromatic N) is 2. The highest BCUT2D eigenvalue weighted by molar-refractivity contribution is 4.74. The Balaban J connectivity index is 0.000000200. The quantitative estimate of drug-likeness (QED) is 0.824. The van der Waals surface area contributed by atoms with Gasteiger partial charge < -0.3 is 21.3 Å². The third-order valence-corrected chi connectivity index (χ3v) is 4.34. The minimum absolute atomic E-state index is 0.480. The van der Waals surface area contributed by atoms with Crippen molar-refractivity contribution in [2.24, 2.45) is 11.5 Å². The van der Waals surface area contributed by atoms with E-state index in [0.717, 1.165) is 0 Å². The molecule has 0 aromatic carbocycles. The number of nitrogens with two attached hydrogens (primary N) is 2. The zero-order chi connectivity index (χ0) is 14.8. The zero-order valence-corrected chi connectivity index (χ0v) is 13.7. The SMILES string of the molecule is CCCN1CCC(N)CC1.CCCN1CCC(N)CC1. The van der Waals surface area contributed by atoms with E-state index in [9.17, 15) is 0 Å². The molecule has 120 valence electrons. The number of hydrogen-bond acceptors (Lipinski definition) is 4. The number of likely N-dealkylation sites (tertiary alicyclic amines) is 2. The molecule has 0 bridgehead atoms. The molecule has 2 rings (SSSR count). The summed E-state index contributed by atoms with van der Waals surface area (Å²) in [4.78, 5) is 5.01. The average molecular weight is 284 g/mol. The van der Waals surface area contributed by atoms with Crippen molar-refractivity contribution in [3.05, 3.63) is 0 Å². The topological polar surface area (TPSA) is 58.5 Å². The molecule has 2 saturated heterocycles. The number of hydrogen-bond donors (Lipinski definition) is 2. The summed E-state index contributed by atoms with van der Waals surface area (Å²) >= 11 is 0. The van der Waals surface area contributed by atoms with Gasteiger partial charge in [-0.1, -0.05) is 13.8 Å². The van der Waals surface area contributed by atoms with E-state index in [2.05, 4.69) is 23.6 Å². The van der Waals surface area contributed by atoms with Crippen molar-refractivity contribution in [3.8, 4) is 0 Å². The fourth-order valence-corrected chi connectivity index (χ4v) is 2.99. The number of rotatable bonds is 4. The Morgan fingerprint density at radius 1 is 0.700 bits per heavy atom. The predicted octanol–water partition coefficient (Wildman–Crippen LogP) is 1.64. The van der Waals surface area contributed by atoms with Crippen molar-refractivity contribution < 1.29 is 0 Å². The van der Waals surface area contributed by atoms with Crippen molar-refractivity contribution in [1.82, 2.24) is 9.80 Å². The van der Waals surface area contributed by atoms with E-state index in [-0.39, 0.29) is 0 Å². The molecular formula is C16H36N4. The smallest absolute Gasteiger partial charge is 0.00631 e. The maximum absolute atomic E-state index is 5.77. The summed E-state index contributed by atoms with van der Waals surface area (Å²) in [7, 11) is 0. The molecule has 4 heteroatoms. The Morgan fingerprint density at radius 3 is 1.25 bits per heavy atom. The molecule has 0 spiro atoms. The monoisotopic (exact) mass is 284 g/mol. The Hall–Kier alpha value is -0.160. The van der Waals surface area contributed by atoms with E-state index in [1.807, 2.05) is 0 Å². The lowest BCUT2D eigenvalue weighted by Crippen LogP contribution is -2.39. The third kappa shape index (κ3) is 7.58. The second-order valence-electron chi connectivity index (χ2n) is 6.36. The highest BCUT2D eigenvalue weighted by atomic mass is 15.1. The van der Waals surface area contributed by atoms with E-state index in [1.165, 1.54) is 77.8 Å². The standard InChI is InChI=1S/2C8H18N2/c2*1-2-5-10-6-3-8(9)4-7-10/h2*8H,2-7,9H2,1H3. The average Bonchev–Trinajstić information content (AvgIpc) is 2.45. The van der Waals surface area contributed by atoms with Crippen molar-refractivity contribution in [2.45, 2.75) is 64.5 Å². The van der Waals surface area contributed by atoms with E-state index in [0.29, 0.717) is 12.1 Å². The molecule has 0 atom stereocenters. The van der Waals surface area contributed by atoms with Crippen LogP contribution in [-0.4, -0.2) is 61.2 Å². The summed E-state index contributed by atoms with van der Waals surface area (Å²) < 4.78 is 0. The van der Waals surface area contributed by atoms with Gasteiger partial charge in [0.15, 0.2) is 0 Å². The van der Waals surface area contributed by atoms with Gasteiger partial charge in [-0.3, -0.25) is 0 Å². The molecule has 2 aliphatic heterocycles. The second-order valence-corrected chi connectivity index (χ2v) is 6.36. The van der Waals surface area contributed by atoms with Gasteiger partial charge in [0, 0.05) is 12.1 Å². The molecule has 2 fully saturated rings. The molecule has 2 heterocycles. The van der Waals surface area contributed by atoms with Crippen LogP contribution in [0.1, 0.15) is 52.4 Å². The minimum Gasteiger partial charge on any atom is -0.328 e. The summed E-state index contributed by atoms with van der Waals surface area (Å²) in [5.41, 5.74) is 11.5. The summed E-state index contributed by atoms with van der Waals surface area (Å²) in [6.45, 7) is 11.8. The van der Waals surface area contributed by atoms with Crippen LogP contribution in [0.4, 0.5) is 0 Å². The van der Waals surface area contributed by atoms with Crippen LogP contribution in [0.3, 0.4) is 0 Å². The van der Waals surface area contributed by atoms with Gasteiger partial charge in [-0.25, -0.2) is 0 Å². The van der Waals surface area contributed by atoms with Crippen LogP contribution in [0.25, 0.3) is 0 Å². The molecule has 0 aliphatic carbocycles. The summed E-state index contributed by atoms with van der Waals surface area (Å²) in [5.74, 6) is 0. The molecule has 20 heavy (non-hydrogen) atoms. The van der Waals surface area contributed by atoms with Gasteiger partial charge in [-0.15, -0.1) is 0 Å². The Labute approximate surface area is 125 Å². The molecule has 4 N–H and O–H groups in total. The maximum Gasteiger partial charge on any atom is 0.00631 e. The molecule has 2 aliphatic rings. The highest BCUT2D eigenvalue weighted by Crippen LogP contribution is 2.08. The van der Waals surface area contributed by atoms with Crippen molar-refractivity contribution in [3.63, 3.8) is 0 Å². The molecule has 0 saturated carbocycles. The van der Waals surface area contributed by atoms with Gasteiger partial charge in [0.2, 0.25) is 0 Å². The fraction of sp³-hybridized carbons (Fsp3) is 1.00. The van der Waals surface area contributed by atoms with Crippen LogP contribution in [0.5, 0.6) is 0 Å². The van der Waals surface area contributed by atoms with Gasteiger partial charge in [-0.05, 0) is 77.8 Å². The van der Waals surface area contributed by atoms with E-state index < -0.39 is 0 Å². The lowest BCUT2D eigenvalue weighted by molar-refractivity contribution is 0.214. The first-order valence-corrected chi connectivity index (χ1v) is 8.61. The molecule has 0 aromatic heterocycles. The first kappa shape index (κ1) is 17.9. The Kier molecular flexibility index (Phi) is 9.44. The van der Waals surface area contributed by atoms with Gasteiger partial charge >= 0.3 is 0 Å². The molecule has 0 amide bonds. The van der Waals surface area contributed by atoms with Crippen LogP contribution in [0.15, 0.2) is 0 Å². The Bertz CT molecular complexity index is 195. The largest absolute Gasteiger partial charge is 0.328 e. The normalized spacial score (nSPS) is 23.4. The molecule has 4 nitrogen and oxygen atoms in total. The lowest BCUT2D eigenvalue weighted by atomic mass is 10.1. The summed E-state index contributed by atoms with van der Waals surface area (Å²) in [6.07, 6.45) is 7.32. The van der Waals surface area contributed by atoms with E-state index >= 15 is 0 Å². The first-order chi connectivity index (χ1) is 9.65. The van der Waals surface area contributed by atoms with Crippen LogP contribution in [0.2, 0.25) is 0 Å². The molecule has 0 unspecified atom stereocenters. The van der Waals surface area contributed by atoms with Crippen LogP contribution in [-0.2, 0) is 0 Å².